The van der Waals surface area contributed by atoms with Crippen LogP contribution < -0.4 is 10.1 Å². The topological polar surface area (TPSA) is 21.3 Å². The van der Waals surface area contributed by atoms with Crippen LogP contribution in [-0.4, -0.2) is 20.2 Å². The van der Waals surface area contributed by atoms with Crippen LogP contribution in [-0.2, 0) is 12.8 Å². The summed E-state index contributed by atoms with van der Waals surface area (Å²) in [5, 5.41) is 3.30. The van der Waals surface area contributed by atoms with Gasteiger partial charge in [-0.25, -0.2) is 4.39 Å². The molecule has 0 saturated heterocycles. The van der Waals surface area contributed by atoms with Crippen molar-refractivity contribution in [2.75, 3.05) is 14.2 Å². The molecule has 2 rings (SSSR count). The molecular formula is C17H19BrFNO. The van der Waals surface area contributed by atoms with Crippen LogP contribution in [0.4, 0.5) is 4.39 Å². The lowest BCUT2D eigenvalue weighted by atomic mass is 9.99. The molecule has 112 valence electrons. The van der Waals surface area contributed by atoms with Crippen molar-refractivity contribution in [1.29, 1.82) is 0 Å². The van der Waals surface area contributed by atoms with E-state index in [2.05, 4.69) is 33.4 Å². The summed E-state index contributed by atoms with van der Waals surface area (Å²) in [6.45, 7) is 0. The molecule has 0 saturated carbocycles. The second kappa shape index (κ2) is 7.57. The average Bonchev–Trinajstić information content (AvgIpc) is 2.47. The van der Waals surface area contributed by atoms with Crippen molar-refractivity contribution < 1.29 is 9.13 Å². The minimum Gasteiger partial charge on any atom is -0.496 e. The molecule has 0 amide bonds. The van der Waals surface area contributed by atoms with Crippen molar-refractivity contribution in [3.05, 3.63) is 63.9 Å². The number of methoxy groups -OCH3 is 1. The van der Waals surface area contributed by atoms with Crippen LogP contribution in [0, 0.1) is 5.82 Å². The van der Waals surface area contributed by atoms with E-state index in [0.717, 1.165) is 28.6 Å². The number of hydrogen-bond acceptors (Lipinski definition) is 2. The number of ether oxygens (including phenoxy) is 1. The molecule has 1 atom stereocenters. The fourth-order valence-corrected chi connectivity index (χ4v) is 2.93. The normalized spacial score (nSPS) is 12.2. The number of likely N-dealkylation sites (N-methyl/N-ethyl adjacent to an activating group) is 1. The summed E-state index contributed by atoms with van der Waals surface area (Å²) in [4.78, 5) is 0. The lowest BCUT2D eigenvalue weighted by molar-refractivity contribution is 0.412. The Labute approximate surface area is 133 Å². The van der Waals surface area contributed by atoms with E-state index in [1.54, 1.807) is 19.2 Å². The van der Waals surface area contributed by atoms with Gasteiger partial charge >= 0.3 is 0 Å². The zero-order chi connectivity index (χ0) is 15.2. The van der Waals surface area contributed by atoms with E-state index in [9.17, 15) is 4.39 Å². The number of halogens is 2. The number of rotatable bonds is 6. The summed E-state index contributed by atoms with van der Waals surface area (Å²) < 4.78 is 19.4. The van der Waals surface area contributed by atoms with Gasteiger partial charge in [0, 0.05) is 6.04 Å². The third-order valence-electron chi connectivity index (χ3n) is 3.48. The Bertz CT molecular complexity index is 603. The number of benzene rings is 2. The maximum absolute atomic E-state index is 13.2. The third kappa shape index (κ3) is 4.55. The van der Waals surface area contributed by atoms with Crippen LogP contribution in [0.5, 0.6) is 5.75 Å². The fraction of sp³-hybridized carbons (Fsp3) is 0.294. The summed E-state index contributed by atoms with van der Waals surface area (Å²) in [5.74, 6) is 0.638. The van der Waals surface area contributed by atoms with E-state index in [0.29, 0.717) is 0 Å². The Balaban J connectivity index is 2.07. The molecule has 0 aliphatic carbocycles. The lowest BCUT2D eigenvalue weighted by Crippen LogP contribution is -2.29. The van der Waals surface area contributed by atoms with Crippen LogP contribution in [0.1, 0.15) is 11.1 Å². The Morgan fingerprint density at radius 3 is 2.43 bits per heavy atom. The molecule has 0 aromatic heterocycles. The fourth-order valence-electron chi connectivity index (χ4n) is 2.35. The highest BCUT2D eigenvalue weighted by Gasteiger charge is 2.10. The molecule has 4 heteroatoms. The molecule has 1 N–H and O–H groups in total. The lowest BCUT2D eigenvalue weighted by Gasteiger charge is -2.17. The van der Waals surface area contributed by atoms with Crippen molar-refractivity contribution in [3.8, 4) is 5.75 Å². The highest BCUT2D eigenvalue weighted by atomic mass is 79.9. The van der Waals surface area contributed by atoms with Crippen molar-refractivity contribution in [3.63, 3.8) is 0 Å². The Morgan fingerprint density at radius 2 is 1.86 bits per heavy atom. The van der Waals surface area contributed by atoms with Gasteiger partial charge in [-0.2, -0.15) is 0 Å². The van der Waals surface area contributed by atoms with Gasteiger partial charge in [0.15, 0.2) is 0 Å². The van der Waals surface area contributed by atoms with E-state index in [-0.39, 0.29) is 11.9 Å². The Hall–Kier alpha value is -1.39. The first-order chi connectivity index (χ1) is 10.1. The SMILES string of the molecule is CNC(Cc1cccc(F)c1)Cc1ccc(OC)c(Br)c1. The van der Waals surface area contributed by atoms with Crippen molar-refractivity contribution in [2.24, 2.45) is 0 Å². The second-order valence-electron chi connectivity index (χ2n) is 4.99. The van der Waals surface area contributed by atoms with Gasteiger partial charge in [-0.15, -0.1) is 0 Å². The summed E-state index contributed by atoms with van der Waals surface area (Å²) >= 11 is 3.50. The molecule has 0 spiro atoms. The largest absolute Gasteiger partial charge is 0.496 e. The molecule has 2 aromatic carbocycles. The molecule has 21 heavy (non-hydrogen) atoms. The van der Waals surface area contributed by atoms with E-state index in [1.807, 2.05) is 19.2 Å². The van der Waals surface area contributed by atoms with E-state index in [4.69, 9.17) is 4.74 Å². The smallest absolute Gasteiger partial charge is 0.133 e. The second-order valence-corrected chi connectivity index (χ2v) is 5.85. The number of nitrogens with one attached hydrogen (secondary N) is 1. The monoisotopic (exact) mass is 351 g/mol. The van der Waals surface area contributed by atoms with Gasteiger partial charge < -0.3 is 10.1 Å². The van der Waals surface area contributed by atoms with E-state index >= 15 is 0 Å². The molecule has 1 unspecified atom stereocenters. The molecule has 0 bridgehead atoms. The molecule has 0 fully saturated rings. The first-order valence-corrected chi connectivity index (χ1v) is 7.66. The quantitative estimate of drug-likeness (QED) is 0.850. The molecule has 0 radical (unpaired) electrons. The molecule has 2 nitrogen and oxygen atoms in total. The van der Waals surface area contributed by atoms with Crippen LogP contribution in [0.15, 0.2) is 46.9 Å². The third-order valence-corrected chi connectivity index (χ3v) is 4.10. The summed E-state index contributed by atoms with van der Waals surface area (Å²) in [7, 11) is 3.59. The van der Waals surface area contributed by atoms with Gasteiger partial charge in [-0.05, 0) is 71.2 Å². The van der Waals surface area contributed by atoms with Gasteiger partial charge in [-0.1, -0.05) is 18.2 Å². The van der Waals surface area contributed by atoms with E-state index in [1.165, 1.54) is 11.6 Å². The maximum atomic E-state index is 13.2. The van der Waals surface area contributed by atoms with Crippen molar-refractivity contribution >= 4 is 15.9 Å². The first kappa shape index (κ1) is 16.0. The van der Waals surface area contributed by atoms with Gasteiger partial charge in [0.05, 0.1) is 11.6 Å². The predicted octanol–water partition coefficient (Wildman–Crippen LogP) is 3.97. The minimum atomic E-state index is -0.186. The van der Waals surface area contributed by atoms with Crippen LogP contribution >= 0.6 is 15.9 Å². The Morgan fingerprint density at radius 1 is 1.14 bits per heavy atom. The molecular weight excluding hydrogens is 333 g/mol. The molecule has 0 aliphatic heterocycles. The minimum absolute atomic E-state index is 0.186. The highest BCUT2D eigenvalue weighted by Crippen LogP contribution is 2.26. The molecule has 0 heterocycles. The Kier molecular flexibility index (Phi) is 5.76. The summed E-state index contributed by atoms with van der Waals surface area (Å²) in [6, 6.07) is 13.1. The number of hydrogen-bond donors (Lipinski definition) is 1. The first-order valence-electron chi connectivity index (χ1n) is 6.86. The zero-order valence-electron chi connectivity index (χ0n) is 12.2. The highest BCUT2D eigenvalue weighted by molar-refractivity contribution is 9.10. The van der Waals surface area contributed by atoms with E-state index < -0.39 is 0 Å². The zero-order valence-corrected chi connectivity index (χ0v) is 13.8. The van der Waals surface area contributed by atoms with Crippen molar-refractivity contribution in [2.45, 2.75) is 18.9 Å². The standard InChI is InChI=1S/C17H19BrFNO/c1-20-15(9-12-4-3-5-14(19)8-12)10-13-6-7-17(21-2)16(18)11-13/h3-8,11,15,20H,9-10H2,1-2H3. The predicted molar refractivity (Wildman–Crippen MR) is 87.3 cm³/mol. The molecule has 0 aliphatic rings. The van der Waals surface area contributed by atoms with Crippen molar-refractivity contribution in [1.82, 2.24) is 5.32 Å². The molecule has 2 aromatic rings. The van der Waals surface area contributed by atoms with Crippen LogP contribution in [0.25, 0.3) is 0 Å². The average molecular weight is 352 g/mol. The van der Waals surface area contributed by atoms with Gasteiger partial charge in [0.1, 0.15) is 11.6 Å². The van der Waals surface area contributed by atoms with Gasteiger partial charge in [0.25, 0.3) is 0 Å². The van der Waals surface area contributed by atoms with Crippen LogP contribution in [0.3, 0.4) is 0 Å². The van der Waals surface area contributed by atoms with Gasteiger partial charge in [-0.3, -0.25) is 0 Å². The van der Waals surface area contributed by atoms with Crippen LogP contribution in [0.2, 0.25) is 0 Å². The van der Waals surface area contributed by atoms with Gasteiger partial charge in [0.2, 0.25) is 0 Å². The summed E-state index contributed by atoms with van der Waals surface area (Å²) in [6.07, 6.45) is 1.66. The summed E-state index contributed by atoms with van der Waals surface area (Å²) in [5.41, 5.74) is 2.21. The maximum Gasteiger partial charge on any atom is 0.133 e.